The van der Waals surface area contributed by atoms with E-state index in [1.807, 2.05) is 0 Å². The van der Waals surface area contributed by atoms with Gasteiger partial charge >= 0.3 is 0 Å². The van der Waals surface area contributed by atoms with E-state index in [0.717, 1.165) is 12.8 Å². The maximum Gasteiger partial charge on any atom is 0.0540 e. The zero-order valence-corrected chi connectivity index (χ0v) is 21.3. The molecule has 1 nitrogen and oxygen atoms in total. The average Bonchev–Trinajstić information content (AvgIpc) is 2.77. The SMILES string of the molecule is CCCCCC/C=C\CC/C=C\CC/C=C\CCCCCCCC[C@H](O)CCCCC. The first-order valence-corrected chi connectivity index (χ1v) is 13.9. The van der Waals surface area contributed by atoms with Gasteiger partial charge in [0.2, 0.25) is 0 Å². The quantitative estimate of drug-likeness (QED) is 0.119. The lowest BCUT2D eigenvalue weighted by Gasteiger charge is -2.09. The molecule has 0 bridgehead atoms. The van der Waals surface area contributed by atoms with Crippen LogP contribution in [0.3, 0.4) is 0 Å². The van der Waals surface area contributed by atoms with Gasteiger partial charge in [0.1, 0.15) is 0 Å². The van der Waals surface area contributed by atoms with E-state index in [9.17, 15) is 5.11 Å². The molecule has 0 aromatic carbocycles. The van der Waals surface area contributed by atoms with Crippen molar-refractivity contribution in [2.24, 2.45) is 0 Å². The molecule has 31 heavy (non-hydrogen) atoms. The van der Waals surface area contributed by atoms with Crippen molar-refractivity contribution in [3.63, 3.8) is 0 Å². The van der Waals surface area contributed by atoms with Gasteiger partial charge in [0.25, 0.3) is 0 Å². The standard InChI is InChI=1S/C30H56O/c1-3-5-7-8-9-10-11-12-13-14-15-16-17-18-19-20-21-22-23-24-25-27-29-30(31)28-26-6-4-2/h10-11,14-15,18-19,30-31H,3-9,12-13,16-17,20-29H2,1-2H3/b11-10-,15-14-,19-18-/t30-/m1/s1. The van der Waals surface area contributed by atoms with Gasteiger partial charge in [-0.1, -0.05) is 121 Å². The molecule has 0 rings (SSSR count). The van der Waals surface area contributed by atoms with E-state index in [-0.39, 0.29) is 6.10 Å². The monoisotopic (exact) mass is 432 g/mol. The summed E-state index contributed by atoms with van der Waals surface area (Å²) in [6.07, 6.45) is 40.4. The van der Waals surface area contributed by atoms with Crippen LogP contribution in [0.1, 0.15) is 149 Å². The number of aliphatic hydroxyl groups is 1. The van der Waals surface area contributed by atoms with Crippen molar-refractivity contribution >= 4 is 0 Å². The summed E-state index contributed by atoms with van der Waals surface area (Å²) >= 11 is 0. The Morgan fingerprint density at radius 3 is 1.23 bits per heavy atom. The zero-order valence-electron chi connectivity index (χ0n) is 21.3. The molecular formula is C30H56O. The van der Waals surface area contributed by atoms with Gasteiger partial charge < -0.3 is 5.11 Å². The minimum Gasteiger partial charge on any atom is -0.393 e. The van der Waals surface area contributed by atoms with Crippen molar-refractivity contribution in [2.45, 2.75) is 155 Å². The van der Waals surface area contributed by atoms with Gasteiger partial charge in [0.05, 0.1) is 6.10 Å². The lowest BCUT2D eigenvalue weighted by Crippen LogP contribution is -2.05. The van der Waals surface area contributed by atoms with Crippen LogP contribution in [0.25, 0.3) is 0 Å². The van der Waals surface area contributed by atoms with Crippen LogP contribution >= 0.6 is 0 Å². The molecule has 0 aliphatic rings. The van der Waals surface area contributed by atoms with Gasteiger partial charge in [-0.2, -0.15) is 0 Å². The van der Waals surface area contributed by atoms with Crippen LogP contribution in [-0.4, -0.2) is 11.2 Å². The molecule has 1 N–H and O–H groups in total. The fourth-order valence-electron chi connectivity index (χ4n) is 3.90. The van der Waals surface area contributed by atoms with Gasteiger partial charge in [-0.15, -0.1) is 0 Å². The van der Waals surface area contributed by atoms with Crippen LogP contribution in [0, 0.1) is 0 Å². The maximum absolute atomic E-state index is 9.93. The Balaban J connectivity index is 3.27. The highest BCUT2D eigenvalue weighted by Crippen LogP contribution is 2.13. The summed E-state index contributed by atoms with van der Waals surface area (Å²) in [6.45, 7) is 4.49. The first-order valence-electron chi connectivity index (χ1n) is 13.9. The number of rotatable bonds is 24. The number of allylic oxidation sites excluding steroid dienone is 6. The summed E-state index contributed by atoms with van der Waals surface area (Å²) in [7, 11) is 0. The van der Waals surface area contributed by atoms with Crippen molar-refractivity contribution in [3.8, 4) is 0 Å². The summed E-state index contributed by atoms with van der Waals surface area (Å²) < 4.78 is 0. The molecule has 0 fully saturated rings. The Bertz CT molecular complexity index is 407. The zero-order chi connectivity index (χ0) is 22.7. The van der Waals surface area contributed by atoms with Crippen LogP contribution in [0.5, 0.6) is 0 Å². The predicted molar refractivity (Wildman–Crippen MR) is 142 cm³/mol. The maximum atomic E-state index is 9.93. The smallest absolute Gasteiger partial charge is 0.0540 e. The van der Waals surface area contributed by atoms with Crippen molar-refractivity contribution in [1.82, 2.24) is 0 Å². The molecule has 0 unspecified atom stereocenters. The summed E-state index contributed by atoms with van der Waals surface area (Å²) in [5, 5.41) is 9.93. The van der Waals surface area contributed by atoms with Crippen LogP contribution in [0.4, 0.5) is 0 Å². The van der Waals surface area contributed by atoms with Gasteiger partial charge in [0, 0.05) is 0 Å². The molecule has 0 saturated heterocycles. The molecule has 0 heterocycles. The molecule has 0 aromatic rings. The molecule has 1 heteroatoms. The van der Waals surface area contributed by atoms with Gasteiger partial charge in [-0.25, -0.2) is 0 Å². The van der Waals surface area contributed by atoms with Crippen LogP contribution in [0.2, 0.25) is 0 Å². The molecule has 0 aromatic heterocycles. The molecular weight excluding hydrogens is 376 g/mol. The lowest BCUT2D eigenvalue weighted by atomic mass is 10.0. The second-order valence-electron chi connectivity index (χ2n) is 9.27. The van der Waals surface area contributed by atoms with E-state index in [2.05, 4.69) is 50.3 Å². The highest BCUT2D eigenvalue weighted by molar-refractivity contribution is 4.90. The molecule has 0 saturated carbocycles. The number of hydrogen-bond acceptors (Lipinski definition) is 1. The molecule has 0 radical (unpaired) electrons. The lowest BCUT2D eigenvalue weighted by molar-refractivity contribution is 0.147. The van der Waals surface area contributed by atoms with E-state index in [4.69, 9.17) is 0 Å². The van der Waals surface area contributed by atoms with Crippen molar-refractivity contribution in [1.29, 1.82) is 0 Å². The molecule has 0 aliphatic carbocycles. The van der Waals surface area contributed by atoms with E-state index < -0.39 is 0 Å². The highest BCUT2D eigenvalue weighted by atomic mass is 16.3. The van der Waals surface area contributed by atoms with Crippen LogP contribution < -0.4 is 0 Å². The Kier molecular flexibility index (Phi) is 26.5. The molecule has 0 amide bonds. The van der Waals surface area contributed by atoms with Crippen molar-refractivity contribution in [2.75, 3.05) is 0 Å². The minimum atomic E-state index is -0.0477. The number of hydrogen-bond donors (Lipinski definition) is 1. The molecule has 0 aliphatic heterocycles. The fourth-order valence-corrected chi connectivity index (χ4v) is 3.90. The summed E-state index contributed by atoms with van der Waals surface area (Å²) in [6, 6.07) is 0. The van der Waals surface area contributed by atoms with E-state index >= 15 is 0 Å². The molecule has 1 atom stereocenters. The second kappa shape index (κ2) is 27.2. The van der Waals surface area contributed by atoms with Crippen LogP contribution in [0.15, 0.2) is 36.5 Å². The Hall–Kier alpha value is -0.820. The topological polar surface area (TPSA) is 20.2 Å². The van der Waals surface area contributed by atoms with Crippen LogP contribution in [-0.2, 0) is 0 Å². The number of aliphatic hydroxyl groups excluding tert-OH is 1. The largest absolute Gasteiger partial charge is 0.393 e. The molecule has 0 spiro atoms. The Labute approximate surface area is 196 Å². The first-order chi connectivity index (χ1) is 15.3. The van der Waals surface area contributed by atoms with Crippen molar-refractivity contribution < 1.29 is 5.11 Å². The minimum absolute atomic E-state index is 0.0477. The normalized spacial score (nSPS) is 13.3. The average molecular weight is 433 g/mol. The fraction of sp³-hybridized carbons (Fsp3) is 0.800. The third-order valence-electron chi connectivity index (χ3n) is 6.02. The van der Waals surface area contributed by atoms with E-state index in [1.165, 1.54) is 122 Å². The summed E-state index contributed by atoms with van der Waals surface area (Å²) in [5.74, 6) is 0. The summed E-state index contributed by atoms with van der Waals surface area (Å²) in [4.78, 5) is 0. The highest BCUT2D eigenvalue weighted by Gasteiger charge is 2.02. The summed E-state index contributed by atoms with van der Waals surface area (Å²) in [5.41, 5.74) is 0. The first kappa shape index (κ1) is 30.2. The predicted octanol–water partition coefficient (Wildman–Crippen LogP) is 10.2. The third kappa shape index (κ3) is 27.1. The third-order valence-corrected chi connectivity index (χ3v) is 6.02. The van der Waals surface area contributed by atoms with E-state index in [0.29, 0.717) is 0 Å². The molecule has 182 valence electrons. The van der Waals surface area contributed by atoms with Gasteiger partial charge in [-0.3, -0.25) is 0 Å². The van der Waals surface area contributed by atoms with Gasteiger partial charge in [0.15, 0.2) is 0 Å². The Morgan fingerprint density at radius 2 is 0.742 bits per heavy atom. The van der Waals surface area contributed by atoms with Gasteiger partial charge in [-0.05, 0) is 64.2 Å². The second-order valence-corrected chi connectivity index (χ2v) is 9.27. The van der Waals surface area contributed by atoms with Crippen molar-refractivity contribution in [3.05, 3.63) is 36.5 Å². The number of unbranched alkanes of at least 4 members (excludes halogenated alkanes) is 14. The Morgan fingerprint density at radius 1 is 0.419 bits per heavy atom. The van der Waals surface area contributed by atoms with E-state index in [1.54, 1.807) is 0 Å².